The van der Waals surface area contributed by atoms with E-state index in [0.29, 0.717) is 18.1 Å². The molecule has 4 saturated carbocycles. The van der Waals surface area contributed by atoms with Crippen LogP contribution in [-0.2, 0) is 11.3 Å². The molecule has 5 fully saturated rings. The fourth-order valence-electron chi connectivity index (χ4n) is 6.80. The molecule has 4 bridgehead atoms. The summed E-state index contributed by atoms with van der Waals surface area (Å²) in [4.78, 5) is 16.5. The Bertz CT molecular complexity index is 774. The van der Waals surface area contributed by atoms with E-state index in [0.717, 1.165) is 37.1 Å². The second-order valence-corrected chi connectivity index (χ2v) is 10.0. The van der Waals surface area contributed by atoms with Crippen LogP contribution in [-0.4, -0.2) is 37.2 Å². The number of methoxy groups -OCH3 is 1. The van der Waals surface area contributed by atoms with Crippen molar-refractivity contribution in [3.63, 3.8) is 0 Å². The fraction of sp³-hybridized carbons (Fsp3) is 0.739. The number of carbonyl (C=O) groups excluding carboxylic acids is 1. The summed E-state index contributed by atoms with van der Waals surface area (Å²) in [6.07, 6.45) is 9.55. The van der Waals surface area contributed by atoms with Crippen LogP contribution in [0.5, 0.6) is 11.8 Å². The third-order valence-electron chi connectivity index (χ3n) is 7.69. The molecule has 2 heterocycles. The van der Waals surface area contributed by atoms with Crippen molar-refractivity contribution in [3.8, 4) is 11.8 Å². The van der Waals surface area contributed by atoms with Gasteiger partial charge in [-0.1, -0.05) is 0 Å². The summed E-state index contributed by atoms with van der Waals surface area (Å²) in [5.74, 6) is 2.22. The van der Waals surface area contributed by atoms with Gasteiger partial charge in [0.25, 0.3) is 5.88 Å². The lowest BCUT2D eigenvalue weighted by atomic mass is 9.50. The summed E-state index contributed by atoms with van der Waals surface area (Å²) >= 11 is 0. The van der Waals surface area contributed by atoms with Crippen molar-refractivity contribution in [2.45, 2.75) is 64.0 Å². The first-order chi connectivity index (χ1) is 14.5. The van der Waals surface area contributed by atoms with Gasteiger partial charge in [-0.3, -0.25) is 4.79 Å². The van der Waals surface area contributed by atoms with E-state index in [1.165, 1.54) is 51.7 Å². The number of carbonyl (C=O) groups is 1. The predicted molar refractivity (Wildman–Crippen MR) is 110 cm³/mol. The highest BCUT2D eigenvalue weighted by Gasteiger charge is 2.51. The number of nitrogens with zero attached hydrogens (tertiary/aromatic N) is 1. The van der Waals surface area contributed by atoms with E-state index in [4.69, 9.17) is 9.47 Å². The first kappa shape index (κ1) is 20.0. The van der Waals surface area contributed by atoms with Crippen molar-refractivity contribution in [1.29, 1.82) is 0 Å². The van der Waals surface area contributed by atoms with Crippen molar-refractivity contribution in [3.05, 3.63) is 17.4 Å². The normalized spacial score (nSPS) is 34.2. The van der Waals surface area contributed by atoms with Crippen molar-refractivity contribution in [2.24, 2.45) is 23.2 Å². The molecule has 6 rings (SSSR count). The maximum Gasteiger partial charge on any atom is 0.253 e. The first-order valence-electron chi connectivity index (χ1n) is 11.4. The summed E-state index contributed by atoms with van der Waals surface area (Å²) in [5.41, 5.74) is 0.709. The minimum atomic E-state index is -0.497. The summed E-state index contributed by atoms with van der Waals surface area (Å²) in [6.45, 7) is 1.57. The smallest absolute Gasteiger partial charge is 0.253 e. The number of rotatable bonds is 7. The van der Waals surface area contributed by atoms with Gasteiger partial charge in [0, 0.05) is 17.5 Å². The molecule has 4 aliphatic carbocycles. The third-order valence-corrected chi connectivity index (χ3v) is 7.69. The monoisotopic (exact) mass is 417 g/mol. The number of hydrogen-bond donors (Lipinski definition) is 2. The average Bonchev–Trinajstić information content (AvgIpc) is 3.25. The van der Waals surface area contributed by atoms with E-state index >= 15 is 0 Å². The average molecular weight is 418 g/mol. The standard InChI is InChI=1S/C23H32FN3O3/c1-29-21-17(12-26-20(28)19-3-2-4-25-19)8-18(24)22(27-21)30-13-23-9-14-5-15(10-23)7-16(6-14)11-23/h8,14-16,19,25H,2-7,9-13H2,1H3,(H,26,28). The molecule has 7 heteroatoms. The summed E-state index contributed by atoms with van der Waals surface area (Å²) in [6, 6.07) is 1.21. The van der Waals surface area contributed by atoms with Gasteiger partial charge in [-0.05, 0) is 81.7 Å². The molecular weight excluding hydrogens is 385 g/mol. The van der Waals surface area contributed by atoms with Crippen LogP contribution in [0.4, 0.5) is 4.39 Å². The molecule has 1 atom stereocenters. The van der Waals surface area contributed by atoms with Crippen LogP contribution in [0.25, 0.3) is 0 Å². The lowest BCUT2D eigenvalue weighted by molar-refractivity contribution is -0.122. The molecule has 1 aromatic heterocycles. The lowest BCUT2D eigenvalue weighted by Gasteiger charge is -2.56. The number of halogens is 1. The molecule has 0 radical (unpaired) electrons. The second-order valence-electron chi connectivity index (χ2n) is 10.0. The van der Waals surface area contributed by atoms with E-state index in [2.05, 4.69) is 15.6 Å². The van der Waals surface area contributed by atoms with Crippen molar-refractivity contribution >= 4 is 5.91 Å². The highest BCUT2D eigenvalue weighted by Crippen LogP contribution is 2.60. The maximum absolute atomic E-state index is 14.8. The topological polar surface area (TPSA) is 72.5 Å². The Kier molecular flexibility index (Phi) is 5.33. The number of amides is 1. The molecule has 1 aliphatic heterocycles. The summed E-state index contributed by atoms with van der Waals surface area (Å²) in [5, 5.41) is 6.01. The third kappa shape index (κ3) is 3.88. The summed E-state index contributed by atoms with van der Waals surface area (Å²) < 4.78 is 26.1. The Morgan fingerprint density at radius 1 is 1.23 bits per heavy atom. The molecule has 5 aliphatic rings. The van der Waals surface area contributed by atoms with Gasteiger partial charge in [0.2, 0.25) is 11.8 Å². The minimum absolute atomic E-state index is 0.00938. The fourth-order valence-corrected chi connectivity index (χ4v) is 6.80. The molecule has 2 N–H and O–H groups in total. The zero-order valence-electron chi connectivity index (χ0n) is 17.7. The molecule has 0 spiro atoms. The van der Waals surface area contributed by atoms with Crippen LogP contribution in [0.2, 0.25) is 0 Å². The Morgan fingerprint density at radius 3 is 2.53 bits per heavy atom. The quantitative estimate of drug-likeness (QED) is 0.713. The Balaban J connectivity index is 1.24. The molecule has 164 valence electrons. The van der Waals surface area contributed by atoms with E-state index < -0.39 is 5.82 Å². The van der Waals surface area contributed by atoms with Crippen molar-refractivity contribution in [2.75, 3.05) is 20.3 Å². The number of nitrogens with one attached hydrogen (secondary N) is 2. The zero-order chi connectivity index (χ0) is 20.7. The van der Waals surface area contributed by atoms with E-state index in [1.54, 1.807) is 0 Å². The summed E-state index contributed by atoms with van der Waals surface area (Å²) in [7, 11) is 1.51. The molecule has 6 nitrogen and oxygen atoms in total. The van der Waals surface area contributed by atoms with Gasteiger partial charge in [0.05, 0.1) is 19.8 Å². The maximum atomic E-state index is 14.8. The van der Waals surface area contributed by atoms with Crippen molar-refractivity contribution < 1.29 is 18.7 Å². The van der Waals surface area contributed by atoms with Gasteiger partial charge in [-0.2, -0.15) is 4.98 Å². The van der Waals surface area contributed by atoms with Crippen LogP contribution in [0, 0.1) is 29.0 Å². The number of aromatic nitrogens is 1. The van der Waals surface area contributed by atoms with Gasteiger partial charge in [0.1, 0.15) is 0 Å². The van der Waals surface area contributed by atoms with E-state index in [1.807, 2.05) is 0 Å². The predicted octanol–water partition coefficient (Wildman–Crippen LogP) is 3.19. The molecule has 1 aromatic rings. The SMILES string of the molecule is COc1nc(OCC23CC4CC(CC(C4)C2)C3)c(F)cc1CNC(=O)C1CCCN1. The lowest BCUT2D eigenvalue weighted by Crippen LogP contribution is -2.48. The van der Waals surface area contributed by atoms with Crippen LogP contribution in [0.1, 0.15) is 56.9 Å². The van der Waals surface area contributed by atoms with Gasteiger partial charge >= 0.3 is 0 Å². The largest absolute Gasteiger partial charge is 0.481 e. The molecule has 1 amide bonds. The first-order valence-corrected chi connectivity index (χ1v) is 11.4. The Morgan fingerprint density at radius 2 is 1.93 bits per heavy atom. The Labute approximate surface area is 177 Å². The van der Waals surface area contributed by atoms with Gasteiger partial charge < -0.3 is 20.1 Å². The minimum Gasteiger partial charge on any atom is -0.481 e. The van der Waals surface area contributed by atoms with Crippen molar-refractivity contribution in [1.82, 2.24) is 15.6 Å². The van der Waals surface area contributed by atoms with Gasteiger partial charge in [0.15, 0.2) is 5.82 Å². The van der Waals surface area contributed by atoms with E-state index in [9.17, 15) is 9.18 Å². The molecule has 30 heavy (non-hydrogen) atoms. The van der Waals surface area contributed by atoms with Crippen LogP contribution in [0.15, 0.2) is 6.07 Å². The van der Waals surface area contributed by atoms with E-state index in [-0.39, 0.29) is 29.8 Å². The number of pyridine rings is 1. The highest BCUT2D eigenvalue weighted by molar-refractivity contribution is 5.82. The zero-order valence-corrected chi connectivity index (χ0v) is 17.7. The van der Waals surface area contributed by atoms with Crippen LogP contribution >= 0.6 is 0 Å². The van der Waals surface area contributed by atoms with Gasteiger partial charge in [-0.15, -0.1) is 0 Å². The second kappa shape index (κ2) is 7.98. The molecule has 1 saturated heterocycles. The number of ether oxygens (including phenoxy) is 2. The van der Waals surface area contributed by atoms with Crippen LogP contribution < -0.4 is 20.1 Å². The Hall–Kier alpha value is -1.89. The van der Waals surface area contributed by atoms with Gasteiger partial charge in [-0.25, -0.2) is 4.39 Å². The molecule has 1 unspecified atom stereocenters. The number of hydrogen-bond acceptors (Lipinski definition) is 5. The molecular formula is C23H32FN3O3. The van der Waals surface area contributed by atoms with Crippen LogP contribution in [0.3, 0.4) is 0 Å². The molecule has 0 aromatic carbocycles. The highest BCUT2D eigenvalue weighted by atomic mass is 19.1.